The Balaban J connectivity index is 2.04. The zero-order chi connectivity index (χ0) is 11.4. The molecule has 0 amide bonds. The summed E-state index contributed by atoms with van der Waals surface area (Å²) in [6.45, 7) is 0. The summed E-state index contributed by atoms with van der Waals surface area (Å²) in [4.78, 5) is 11.7. The molecule has 0 unspecified atom stereocenters. The number of ketones is 1. The Morgan fingerprint density at radius 2 is 2.00 bits per heavy atom. The monoisotopic (exact) mass is 274 g/mol. The summed E-state index contributed by atoms with van der Waals surface area (Å²) in [6.07, 6.45) is 10.00. The first-order chi connectivity index (χ1) is 7.75. The fourth-order valence-electron chi connectivity index (χ4n) is 1.48. The molecule has 0 N–H and O–H groups in total. The highest BCUT2D eigenvalue weighted by molar-refractivity contribution is 9.10. The molecule has 0 radical (unpaired) electrons. The molecule has 80 valence electrons. The van der Waals surface area contributed by atoms with Gasteiger partial charge in [0, 0.05) is 10.0 Å². The van der Waals surface area contributed by atoms with Gasteiger partial charge in [-0.05, 0) is 30.2 Å². The van der Waals surface area contributed by atoms with Gasteiger partial charge in [-0.15, -0.1) is 0 Å². The lowest BCUT2D eigenvalue weighted by molar-refractivity contribution is -0.111. The van der Waals surface area contributed by atoms with Crippen molar-refractivity contribution in [3.8, 4) is 0 Å². The molecule has 0 heterocycles. The van der Waals surface area contributed by atoms with Crippen LogP contribution in [0.1, 0.15) is 12.0 Å². The maximum atomic E-state index is 11.7. The Morgan fingerprint density at radius 3 is 2.62 bits per heavy atom. The molecule has 1 aromatic carbocycles. The average Bonchev–Trinajstić information content (AvgIpc) is 2.81. The van der Waals surface area contributed by atoms with Crippen LogP contribution in [0, 0.1) is 0 Å². The smallest absolute Gasteiger partial charge is 0.182 e. The summed E-state index contributed by atoms with van der Waals surface area (Å²) < 4.78 is 1.04. The summed E-state index contributed by atoms with van der Waals surface area (Å²) in [5, 5.41) is 0. The third-order valence-corrected chi connectivity index (χ3v) is 2.91. The van der Waals surface area contributed by atoms with Crippen LogP contribution in [0.4, 0.5) is 0 Å². The van der Waals surface area contributed by atoms with Crippen LogP contribution in [0.15, 0.2) is 58.6 Å². The Labute approximate surface area is 103 Å². The Morgan fingerprint density at radius 1 is 1.25 bits per heavy atom. The summed E-state index contributed by atoms with van der Waals surface area (Å²) in [5.74, 6) is 0.0907. The van der Waals surface area contributed by atoms with Gasteiger partial charge in [-0.25, -0.2) is 0 Å². The number of hydrogen-bond donors (Lipinski definition) is 0. The number of rotatable bonds is 3. The second-order valence-electron chi connectivity index (χ2n) is 3.57. The lowest BCUT2D eigenvalue weighted by atomic mass is 10.1. The van der Waals surface area contributed by atoms with Gasteiger partial charge in [0.25, 0.3) is 0 Å². The molecular formula is C14H11BrO. The van der Waals surface area contributed by atoms with Gasteiger partial charge in [-0.3, -0.25) is 4.79 Å². The van der Waals surface area contributed by atoms with Gasteiger partial charge >= 0.3 is 0 Å². The fourth-order valence-corrected chi connectivity index (χ4v) is 1.75. The van der Waals surface area contributed by atoms with Crippen molar-refractivity contribution in [3.63, 3.8) is 0 Å². The van der Waals surface area contributed by atoms with Crippen LogP contribution in [0.5, 0.6) is 0 Å². The van der Waals surface area contributed by atoms with Crippen LogP contribution in [-0.2, 0) is 4.79 Å². The van der Waals surface area contributed by atoms with Crippen LogP contribution in [0.2, 0.25) is 0 Å². The molecule has 1 aromatic rings. The number of allylic oxidation sites excluding steroid dienone is 5. The molecule has 0 aliphatic heterocycles. The topological polar surface area (TPSA) is 17.1 Å². The normalized spacial score (nSPS) is 14.4. The summed E-state index contributed by atoms with van der Waals surface area (Å²) >= 11 is 3.37. The maximum absolute atomic E-state index is 11.7. The first-order valence-corrected chi connectivity index (χ1v) is 5.89. The van der Waals surface area contributed by atoms with E-state index >= 15 is 0 Å². The first-order valence-electron chi connectivity index (χ1n) is 5.09. The molecule has 2 heteroatoms. The predicted octanol–water partition coefficient (Wildman–Crippen LogP) is 3.92. The third kappa shape index (κ3) is 2.80. The van der Waals surface area contributed by atoms with Crippen molar-refractivity contribution < 1.29 is 4.79 Å². The lowest BCUT2D eigenvalue weighted by Gasteiger charge is -1.95. The number of halogens is 1. The molecule has 0 spiro atoms. The van der Waals surface area contributed by atoms with Crippen LogP contribution in [0.25, 0.3) is 6.08 Å². The molecule has 16 heavy (non-hydrogen) atoms. The number of hydrogen-bond acceptors (Lipinski definition) is 1. The SMILES string of the molecule is O=C(/C=C/c1ccc(Br)cc1)C1=CC=CC1. The van der Waals surface area contributed by atoms with E-state index in [2.05, 4.69) is 15.9 Å². The molecule has 1 aliphatic carbocycles. The van der Waals surface area contributed by atoms with Gasteiger partial charge in [-0.2, -0.15) is 0 Å². The van der Waals surface area contributed by atoms with Crippen LogP contribution >= 0.6 is 15.9 Å². The van der Waals surface area contributed by atoms with E-state index in [1.165, 1.54) is 0 Å². The fraction of sp³-hybridized carbons (Fsp3) is 0.0714. The van der Waals surface area contributed by atoms with E-state index in [-0.39, 0.29) is 5.78 Å². The molecule has 0 bridgehead atoms. The van der Waals surface area contributed by atoms with Gasteiger partial charge in [0.05, 0.1) is 0 Å². The van der Waals surface area contributed by atoms with Crippen molar-refractivity contribution >= 4 is 27.8 Å². The molecule has 1 nitrogen and oxygen atoms in total. The predicted molar refractivity (Wildman–Crippen MR) is 70.0 cm³/mol. The van der Waals surface area contributed by atoms with Gasteiger partial charge in [-0.1, -0.05) is 52.4 Å². The highest BCUT2D eigenvalue weighted by Gasteiger charge is 2.05. The Kier molecular flexibility index (Phi) is 3.52. The van der Waals surface area contributed by atoms with Crippen molar-refractivity contribution in [3.05, 3.63) is 64.2 Å². The van der Waals surface area contributed by atoms with E-state index in [4.69, 9.17) is 0 Å². The number of carbonyl (C=O) groups is 1. The maximum Gasteiger partial charge on any atom is 0.182 e. The van der Waals surface area contributed by atoms with Gasteiger partial charge in [0.15, 0.2) is 5.78 Å². The van der Waals surface area contributed by atoms with E-state index in [0.29, 0.717) is 0 Å². The molecule has 1 aliphatic rings. The van der Waals surface area contributed by atoms with Gasteiger partial charge in [0.1, 0.15) is 0 Å². The van der Waals surface area contributed by atoms with Gasteiger partial charge < -0.3 is 0 Å². The third-order valence-electron chi connectivity index (χ3n) is 2.38. The Hall–Kier alpha value is -1.41. The average molecular weight is 275 g/mol. The standard InChI is InChI=1S/C14H11BrO/c15-13-8-5-11(6-9-13)7-10-14(16)12-3-1-2-4-12/h1-3,5-10H,4H2/b10-7+. The van der Waals surface area contributed by atoms with E-state index in [0.717, 1.165) is 22.0 Å². The summed E-state index contributed by atoms with van der Waals surface area (Å²) in [5.41, 5.74) is 1.89. The van der Waals surface area contributed by atoms with Crippen molar-refractivity contribution in [2.24, 2.45) is 0 Å². The molecular weight excluding hydrogens is 264 g/mol. The van der Waals surface area contributed by atoms with Crippen LogP contribution < -0.4 is 0 Å². The van der Waals surface area contributed by atoms with E-state index in [1.54, 1.807) is 6.08 Å². The van der Waals surface area contributed by atoms with Crippen LogP contribution in [0.3, 0.4) is 0 Å². The Bertz CT molecular complexity index is 478. The highest BCUT2D eigenvalue weighted by atomic mass is 79.9. The molecule has 0 atom stereocenters. The first kappa shape index (κ1) is 11.1. The van der Waals surface area contributed by atoms with E-state index in [9.17, 15) is 4.79 Å². The zero-order valence-electron chi connectivity index (χ0n) is 8.69. The second kappa shape index (κ2) is 5.08. The van der Waals surface area contributed by atoms with E-state index in [1.807, 2.05) is 48.6 Å². The molecule has 0 saturated heterocycles. The van der Waals surface area contributed by atoms with Crippen molar-refractivity contribution in [1.82, 2.24) is 0 Å². The van der Waals surface area contributed by atoms with Crippen molar-refractivity contribution in [2.75, 3.05) is 0 Å². The zero-order valence-corrected chi connectivity index (χ0v) is 10.3. The van der Waals surface area contributed by atoms with E-state index < -0.39 is 0 Å². The number of benzene rings is 1. The summed E-state index contributed by atoms with van der Waals surface area (Å²) in [7, 11) is 0. The minimum atomic E-state index is 0.0907. The number of carbonyl (C=O) groups excluding carboxylic acids is 1. The lowest BCUT2D eigenvalue weighted by Crippen LogP contribution is -1.94. The minimum Gasteiger partial charge on any atom is -0.290 e. The van der Waals surface area contributed by atoms with Crippen LogP contribution in [-0.4, -0.2) is 5.78 Å². The molecule has 2 rings (SSSR count). The van der Waals surface area contributed by atoms with Crippen molar-refractivity contribution in [2.45, 2.75) is 6.42 Å². The second-order valence-corrected chi connectivity index (χ2v) is 4.49. The van der Waals surface area contributed by atoms with Gasteiger partial charge in [0.2, 0.25) is 0 Å². The molecule has 0 aromatic heterocycles. The minimum absolute atomic E-state index is 0.0907. The van der Waals surface area contributed by atoms with Crippen molar-refractivity contribution in [1.29, 1.82) is 0 Å². The molecule has 0 saturated carbocycles. The summed E-state index contributed by atoms with van der Waals surface area (Å²) in [6, 6.07) is 7.85. The quantitative estimate of drug-likeness (QED) is 0.764. The molecule has 0 fully saturated rings. The highest BCUT2D eigenvalue weighted by Crippen LogP contribution is 2.14. The largest absolute Gasteiger partial charge is 0.290 e.